The minimum atomic E-state index is -0.171. The first-order valence-electron chi connectivity index (χ1n) is 7.41. The fourth-order valence-electron chi connectivity index (χ4n) is 2.01. The summed E-state index contributed by atoms with van der Waals surface area (Å²) in [5.74, 6) is -0.295. The van der Waals surface area contributed by atoms with Gasteiger partial charge in [0.15, 0.2) is 0 Å². The fraction of sp³-hybridized carbons (Fsp3) is 0.438. The molecule has 1 atom stereocenters. The number of likely N-dealkylation sites (N-methyl/N-ethyl adjacent to an activating group) is 2. The quantitative estimate of drug-likeness (QED) is 0.869. The number of hydrogen-bond acceptors (Lipinski definition) is 5. The Morgan fingerprint density at radius 3 is 2.61 bits per heavy atom. The molecule has 1 heterocycles. The second kappa shape index (κ2) is 7.52. The number of nitrogens with one attached hydrogen (secondary N) is 1. The average molecular weight is 334 g/mol. The molecule has 0 unspecified atom stereocenters. The van der Waals surface area contributed by atoms with Crippen LogP contribution in [0.1, 0.15) is 18.0 Å². The topological polar surface area (TPSA) is 65.5 Å². The van der Waals surface area contributed by atoms with Crippen LogP contribution < -0.4 is 5.32 Å². The van der Waals surface area contributed by atoms with Gasteiger partial charge in [0.1, 0.15) is 5.01 Å². The van der Waals surface area contributed by atoms with Crippen molar-refractivity contribution in [1.29, 1.82) is 0 Å². The number of carbonyl (C=O) groups excluding carboxylic acids is 2. The highest BCUT2D eigenvalue weighted by Gasteiger charge is 2.18. The van der Waals surface area contributed by atoms with Crippen molar-refractivity contribution in [3.05, 3.63) is 29.3 Å². The number of para-hydroxylation sites is 1. The maximum atomic E-state index is 11.9. The molecule has 0 radical (unpaired) electrons. The van der Waals surface area contributed by atoms with Crippen molar-refractivity contribution in [3.8, 4) is 0 Å². The lowest BCUT2D eigenvalue weighted by Crippen LogP contribution is -2.41. The van der Waals surface area contributed by atoms with Gasteiger partial charge in [-0.25, -0.2) is 4.98 Å². The van der Waals surface area contributed by atoms with E-state index >= 15 is 0 Å². The van der Waals surface area contributed by atoms with Crippen LogP contribution in [0.5, 0.6) is 0 Å². The third-order valence-corrected chi connectivity index (χ3v) is 4.86. The first kappa shape index (κ1) is 17.4. The van der Waals surface area contributed by atoms with Gasteiger partial charge in [-0.1, -0.05) is 12.1 Å². The zero-order chi connectivity index (χ0) is 17.0. The van der Waals surface area contributed by atoms with Crippen molar-refractivity contribution in [2.24, 2.45) is 0 Å². The number of fused-ring (bicyclic) bond motifs is 1. The van der Waals surface area contributed by atoms with Crippen molar-refractivity contribution in [2.45, 2.75) is 13.0 Å². The van der Waals surface area contributed by atoms with Crippen LogP contribution in [-0.4, -0.2) is 60.8 Å². The zero-order valence-corrected chi connectivity index (χ0v) is 14.7. The van der Waals surface area contributed by atoms with Crippen LogP contribution in [0.25, 0.3) is 10.2 Å². The predicted molar refractivity (Wildman–Crippen MR) is 92.4 cm³/mol. The lowest BCUT2D eigenvalue weighted by Gasteiger charge is -2.22. The summed E-state index contributed by atoms with van der Waals surface area (Å²) >= 11 is 1.64. The van der Waals surface area contributed by atoms with Crippen LogP contribution >= 0.6 is 11.3 Å². The Bertz CT molecular complexity index is 665. The molecule has 124 valence electrons. The second-order valence-corrected chi connectivity index (χ2v) is 6.74. The van der Waals surface area contributed by atoms with Crippen molar-refractivity contribution in [1.82, 2.24) is 20.1 Å². The molecule has 0 saturated heterocycles. The van der Waals surface area contributed by atoms with E-state index in [4.69, 9.17) is 0 Å². The molecule has 6 nitrogen and oxygen atoms in total. The number of aromatic nitrogens is 1. The number of nitrogens with zero attached hydrogens (tertiary/aromatic N) is 3. The molecular formula is C16H22N4O2S. The van der Waals surface area contributed by atoms with Gasteiger partial charge < -0.3 is 10.2 Å². The highest BCUT2D eigenvalue weighted by molar-refractivity contribution is 7.18. The highest BCUT2D eigenvalue weighted by atomic mass is 32.1. The van der Waals surface area contributed by atoms with Crippen LogP contribution in [0, 0.1) is 0 Å². The van der Waals surface area contributed by atoms with E-state index in [1.165, 1.54) is 4.90 Å². The largest absolute Gasteiger partial charge is 0.347 e. The smallest absolute Gasteiger partial charge is 0.241 e. The number of benzene rings is 1. The van der Waals surface area contributed by atoms with E-state index in [-0.39, 0.29) is 30.9 Å². The normalized spacial score (nSPS) is 12.4. The summed E-state index contributed by atoms with van der Waals surface area (Å²) in [5, 5.41) is 3.62. The molecule has 0 spiro atoms. The molecule has 1 aromatic carbocycles. The van der Waals surface area contributed by atoms with Crippen molar-refractivity contribution < 1.29 is 9.59 Å². The van der Waals surface area contributed by atoms with Crippen LogP contribution in [0.2, 0.25) is 0 Å². The average Bonchev–Trinajstić information content (AvgIpc) is 2.95. The lowest BCUT2D eigenvalue weighted by atomic mass is 10.3. The molecule has 2 amide bonds. The summed E-state index contributed by atoms with van der Waals surface area (Å²) in [5.41, 5.74) is 0.980. The first-order chi connectivity index (χ1) is 10.9. The van der Waals surface area contributed by atoms with Crippen molar-refractivity contribution >= 4 is 33.4 Å². The molecule has 23 heavy (non-hydrogen) atoms. The molecule has 0 fully saturated rings. The summed E-state index contributed by atoms with van der Waals surface area (Å²) in [6.45, 7) is 2.27. The Morgan fingerprint density at radius 1 is 1.26 bits per heavy atom. The Kier molecular flexibility index (Phi) is 5.68. The highest BCUT2D eigenvalue weighted by Crippen LogP contribution is 2.28. The molecule has 0 aliphatic rings. The van der Waals surface area contributed by atoms with E-state index in [0.29, 0.717) is 0 Å². The van der Waals surface area contributed by atoms with Gasteiger partial charge in [-0.2, -0.15) is 0 Å². The lowest BCUT2D eigenvalue weighted by molar-refractivity contribution is -0.131. The number of rotatable bonds is 6. The van der Waals surface area contributed by atoms with Gasteiger partial charge in [0.05, 0.1) is 29.3 Å². The van der Waals surface area contributed by atoms with Crippen molar-refractivity contribution in [3.63, 3.8) is 0 Å². The van der Waals surface area contributed by atoms with Gasteiger partial charge in [0, 0.05) is 14.1 Å². The van der Waals surface area contributed by atoms with Gasteiger partial charge in [-0.3, -0.25) is 14.5 Å². The molecule has 0 bridgehead atoms. The van der Waals surface area contributed by atoms with Gasteiger partial charge in [-0.15, -0.1) is 11.3 Å². The molecule has 0 saturated carbocycles. The Labute approximate surface area is 140 Å². The third kappa shape index (κ3) is 4.49. The summed E-state index contributed by atoms with van der Waals surface area (Å²) in [4.78, 5) is 31.4. The van der Waals surface area contributed by atoms with Gasteiger partial charge in [0.2, 0.25) is 11.8 Å². The zero-order valence-electron chi connectivity index (χ0n) is 13.9. The predicted octanol–water partition coefficient (Wildman–Crippen LogP) is 1.49. The SMILES string of the molecule is C[C@H](c1nc2ccccc2s1)N(C)CC(=O)NCC(=O)N(C)C. The molecule has 0 aliphatic carbocycles. The first-order valence-corrected chi connectivity index (χ1v) is 8.22. The molecule has 2 aromatic rings. The molecule has 0 aliphatic heterocycles. The molecule has 7 heteroatoms. The Hall–Kier alpha value is -1.99. The fourth-order valence-corrected chi connectivity index (χ4v) is 3.09. The minimum Gasteiger partial charge on any atom is -0.347 e. The number of hydrogen-bond donors (Lipinski definition) is 1. The minimum absolute atomic E-state index is 0.0230. The van der Waals surface area contributed by atoms with Crippen LogP contribution in [0.4, 0.5) is 0 Å². The van der Waals surface area contributed by atoms with Gasteiger partial charge in [0.25, 0.3) is 0 Å². The molecule has 1 aromatic heterocycles. The summed E-state index contributed by atoms with van der Waals surface area (Å²) in [6.07, 6.45) is 0. The monoisotopic (exact) mass is 334 g/mol. The van der Waals surface area contributed by atoms with Gasteiger partial charge >= 0.3 is 0 Å². The van der Waals surface area contributed by atoms with Crippen LogP contribution in [-0.2, 0) is 9.59 Å². The third-order valence-electron chi connectivity index (χ3n) is 3.66. The summed E-state index contributed by atoms with van der Waals surface area (Å²) < 4.78 is 1.14. The Balaban J connectivity index is 1.92. The van der Waals surface area contributed by atoms with E-state index in [0.717, 1.165) is 15.2 Å². The molecule has 2 rings (SSSR count). The van der Waals surface area contributed by atoms with E-state index in [1.807, 2.05) is 43.1 Å². The maximum Gasteiger partial charge on any atom is 0.241 e. The molecular weight excluding hydrogens is 312 g/mol. The van der Waals surface area contributed by atoms with E-state index < -0.39 is 0 Å². The maximum absolute atomic E-state index is 11.9. The van der Waals surface area contributed by atoms with E-state index in [9.17, 15) is 9.59 Å². The van der Waals surface area contributed by atoms with E-state index in [1.54, 1.807) is 25.4 Å². The number of carbonyl (C=O) groups is 2. The summed E-state index contributed by atoms with van der Waals surface area (Å²) in [7, 11) is 5.20. The van der Waals surface area contributed by atoms with Crippen LogP contribution in [0.3, 0.4) is 0 Å². The van der Waals surface area contributed by atoms with E-state index in [2.05, 4.69) is 10.3 Å². The van der Waals surface area contributed by atoms with Crippen molar-refractivity contribution in [2.75, 3.05) is 34.2 Å². The standard InChI is InChI=1S/C16H22N4O2S/c1-11(16-18-12-7-5-6-8-13(12)23-16)20(4)10-14(21)17-9-15(22)19(2)3/h5-8,11H,9-10H2,1-4H3,(H,17,21)/t11-/m1/s1. The van der Waals surface area contributed by atoms with Crippen LogP contribution in [0.15, 0.2) is 24.3 Å². The Morgan fingerprint density at radius 2 is 1.96 bits per heavy atom. The van der Waals surface area contributed by atoms with Gasteiger partial charge in [-0.05, 0) is 26.1 Å². The number of amides is 2. The second-order valence-electron chi connectivity index (χ2n) is 5.68. The summed E-state index contributed by atoms with van der Waals surface area (Å²) in [6, 6.07) is 8.02. The number of thiazole rings is 1. The molecule has 1 N–H and O–H groups in total.